The Morgan fingerprint density at radius 1 is 1.16 bits per heavy atom. The average Bonchev–Trinajstić information content (AvgIpc) is 3.58. The average molecular weight is 612 g/mol. The third-order valence-corrected chi connectivity index (χ3v) is 10.5. The van der Waals surface area contributed by atoms with Crippen LogP contribution in [0.3, 0.4) is 0 Å². The standard InChI is InChI=1S/C33H50BN3O7/c1-31(2,3)42-28(38)19-23(24(14-15-35)36-30(40)41-20-21-11-8-7-9-12-21)29(39)37-16-10-13-27(37)34-43-26-18-22-17-25(32(22,4)5)33(26,6)44-34/h7-9,11-12,22-27H,10,13-20,35H2,1-6H3,(H,36,40)/t22?,23-,24-,25+,26-,27+,33+/m1/s1. The lowest BCUT2D eigenvalue weighted by Crippen LogP contribution is -2.65. The van der Waals surface area contributed by atoms with Crippen molar-refractivity contribution in [1.29, 1.82) is 0 Å². The molecule has 3 aliphatic carbocycles. The summed E-state index contributed by atoms with van der Waals surface area (Å²) in [6.07, 6.45) is 3.06. The normalized spacial score (nSPS) is 30.2. The molecule has 0 spiro atoms. The van der Waals surface area contributed by atoms with E-state index >= 15 is 0 Å². The molecule has 6 rings (SSSR count). The molecule has 44 heavy (non-hydrogen) atoms. The number of rotatable bonds is 10. The van der Waals surface area contributed by atoms with Gasteiger partial charge in [0.25, 0.3) is 0 Å². The lowest BCUT2D eigenvalue weighted by atomic mass is 9.43. The maximum absolute atomic E-state index is 14.4. The topological polar surface area (TPSA) is 129 Å². The molecule has 242 valence electrons. The highest BCUT2D eigenvalue weighted by atomic mass is 16.7. The van der Waals surface area contributed by atoms with Crippen molar-refractivity contribution in [3.63, 3.8) is 0 Å². The molecule has 2 bridgehead atoms. The van der Waals surface area contributed by atoms with Gasteiger partial charge in [0, 0.05) is 12.6 Å². The number of likely N-dealkylation sites (tertiary alicyclic amines) is 1. The third-order valence-electron chi connectivity index (χ3n) is 10.5. The molecular weight excluding hydrogens is 561 g/mol. The molecule has 0 aromatic heterocycles. The second-order valence-corrected chi connectivity index (χ2v) is 14.9. The fourth-order valence-corrected chi connectivity index (χ4v) is 8.06. The van der Waals surface area contributed by atoms with Gasteiger partial charge in [-0.1, -0.05) is 44.2 Å². The molecule has 0 radical (unpaired) electrons. The van der Waals surface area contributed by atoms with Crippen LogP contribution < -0.4 is 11.1 Å². The molecule has 2 saturated heterocycles. The largest absolute Gasteiger partial charge is 0.481 e. The van der Waals surface area contributed by atoms with Gasteiger partial charge in [0.2, 0.25) is 5.91 Å². The molecule has 3 N–H and O–H groups in total. The van der Waals surface area contributed by atoms with Crippen LogP contribution in [0, 0.1) is 23.2 Å². The van der Waals surface area contributed by atoms with E-state index in [0.717, 1.165) is 31.2 Å². The lowest BCUT2D eigenvalue weighted by molar-refractivity contribution is -0.199. The van der Waals surface area contributed by atoms with E-state index in [0.29, 0.717) is 18.4 Å². The van der Waals surface area contributed by atoms with Gasteiger partial charge in [0.1, 0.15) is 12.2 Å². The molecule has 1 aromatic rings. The van der Waals surface area contributed by atoms with Crippen LogP contribution in [0.2, 0.25) is 0 Å². The Hall–Kier alpha value is -2.63. The van der Waals surface area contributed by atoms with Gasteiger partial charge in [-0.05, 0) is 89.2 Å². The van der Waals surface area contributed by atoms with E-state index in [1.54, 1.807) is 25.7 Å². The van der Waals surface area contributed by atoms with Crippen molar-refractivity contribution in [3.05, 3.63) is 35.9 Å². The van der Waals surface area contributed by atoms with Crippen LogP contribution in [0.4, 0.5) is 4.79 Å². The van der Waals surface area contributed by atoms with Crippen LogP contribution in [0.15, 0.2) is 30.3 Å². The summed E-state index contributed by atoms with van der Waals surface area (Å²) in [5.74, 6) is -0.898. The summed E-state index contributed by atoms with van der Waals surface area (Å²) >= 11 is 0. The second-order valence-electron chi connectivity index (χ2n) is 14.9. The number of amides is 2. The van der Waals surface area contributed by atoms with Crippen LogP contribution in [0.25, 0.3) is 0 Å². The summed E-state index contributed by atoms with van der Waals surface area (Å²) in [6, 6.07) is 8.61. The molecule has 11 heteroatoms. The summed E-state index contributed by atoms with van der Waals surface area (Å²) < 4.78 is 24.4. The first-order valence-electron chi connectivity index (χ1n) is 16.3. The molecule has 1 aromatic carbocycles. The van der Waals surface area contributed by atoms with Crippen molar-refractivity contribution < 1.29 is 33.2 Å². The number of alkyl carbamates (subject to hydrolysis) is 1. The predicted molar refractivity (Wildman–Crippen MR) is 166 cm³/mol. The number of ether oxygens (including phenoxy) is 2. The SMILES string of the molecule is CC(C)(C)OC(=O)C[C@@H](C(=O)N1CCC[C@H]1B1O[C@@H]2CC3C[C@@H](C3(C)C)[C@]2(C)O1)[C@@H](CCN)NC(=O)OCc1ccccc1. The number of hydrogen-bond donors (Lipinski definition) is 2. The van der Waals surface area contributed by atoms with Gasteiger partial charge in [-0.25, -0.2) is 4.79 Å². The first-order chi connectivity index (χ1) is 20.7. The zero-order chi connectivity index (χ0) is 31.9. The van der Waals surface area contributed by atoms with Crippen molar-refractivity contribution in [2.45, 2.75) is 116 Å². The number of benzene rings is 1. The summed E-state index contributed by atoms with van der Waals surface area (Å²) in [5.41, 5.74) is 5.91. The molecule has 2 heterocycles. The maximum Gasteiger partial charge on any atom is 0.481 e. The van der Waals surface area contributed by atoms with Crippen LogP contribution in [0.1, 0.15) is 85.6 Å². The van der Waals surface area contributed by atoms with Crippen molar-refractivity contribution in [1.82, 2.24) is 10.2 Å². The monoisotopic (exact) mass is 611 g/mol. The highest BCUT2D eigenvalue weighted by Crippen LogP contribution is 2.66. The van der Waals surface area contributed by atoms with E-state index in [1.165, 1.54) is 0 Å². The molecule has 7 atom stereocenters. The minimum Gasteiger partial charge on any atom is -0.460 e. The van der Waals surface area contributed by atoms with Crippen molar-refractivity contribution in [2.75, 3.05) is 13.1 Å². The van der Waals surface area contributed by atoms with Crippen LogP contribution in [-0.2, 0) is 35.0 Å². The van der Waals surface area contributed by atoms with Crippen LogP contribution >= 0.6 is 0 Å². The highest BCUT2D eigenvalue weighted by Gasteiger charge is 2.69. The number of nitrogens with zero attached hydrogens (tertiary/aromatic N) is 1. The summed E-state index contributed by atoms with van der Waals surface area (Å²) in [6.45, 7) is 13.0. The quantitative estimate of drug-likeness (QED) is 0.297. The van der Waals surface area contributed by atoms with E-state index in [1.807, 2.05) is 30.3 Å². The molecule has 1 unspecified atom stereocenters. The third kappa shape index (κ3) is 6.65. The van der Waals surface area contributed by atoms with Crippen molar-refractivity contribution >= 4 is 25.1 Å². The number of carbonyl (C=O) groups is 3. The van der Waals surface area contributed by atoms with E-state index in [9.17, 15) is 14.4 Å². The second kappa shape index (κ2) is 12.6. The van der Waals surface area contributed by atoms with Gasteiger partial charge in [-0.3, -0.25) is 9.59 Å². The summed E-state index contributed by atoms with van der Waals surface area (Å²) in [7, 11) is -0.537. The Bertz CT molecular complexity index is 1210. The van der Waals surface area contributed by atoms with E-state index in [2.05, 4.69) is 26.1 Å². The molecule has 5 aliphatic rings. The first kappa shape index (κ1) is 32.8. The van der Waals surface area contributed by atoms with Crippen LogP contribution in [0.5, 0.6) is 0 Å². The maximum atomic E-state index is 14.4. The van der Waals surface area contributed by atoms with Crippen molar-refractivity contribution in [3.8, 4) is 0 Å². The molecular formula is C33H50BN3O7. The molecule has 2 aliphatic heterocycles. The number of esters is 1. The Morgan fingerprint density at radius 2 is 1.89 bits per heavy atom. The number of carbonyl (C=O) groups excluding carboxylic acids is 3. The highest BCUT2D eigenvalue weighted by molar-refractivity contribution is 6.48. The zero-order valence-electron chi connectivity index (χ0n) is 27.2. The summed E-state index contributed by atoms with van der Waals surface area (Å²) in [4.78, 5) is 42.3. The van der Waals surface area contributed by atoms with E-state index in [-0.39, 0.29) is 55.0 Å². The molecule has 10 nitrogen and oxygen atoms in total. The zero-order valence-corrected chi connectivity index (χ0v) is 27.2. The van der Waals surface area contributed by atoms with E-state index in [4.69, 9.17) is 24.5 Å². The van der Waals surface area contributed by atoms with Crippen molar-refractivity contribution in [2.24, 2.45) is 28.9 Å². The number of nitrogens with two attached hydrogens (primary N) is 1. The predicted octanol–water partition coefficient (Wildman–Crippen LogP) is 4.24. The van der Waals surface area contributed by atoms with Gasteiger partial charge >= 0.3 is 19.2 Å². The minimum atomic E-state index is -0.899. The number of nitrogens with one attached hydrogen (secondary N) is 1. The Balaban J connectivity index is 1.33. The summed E-state index contributed by atoms with van der Waals surface area (Å²) in [5, 5.41) is 2.85. The Kier molecular flexibility index (Phi) is 9.41. The van der Waals surface area contributed by atoms with Gasteiger partial charge in [-0.15, -0.1) is 0 Å². The fraction of sp³-hybridized carbons (Fsp3) is 0.727. The Labute approximate surface area is 262 Å². The smallest absolute Gasteiger partial charge is 0.460 e. The fourth-order valence-electron chi connectivity index (χ4n) is 8.06. The van der Waals surface area contributed by atoms with Gasteiger partial charge in [0.15, 0.2) is 0 Å². The molecule has 3 saturated carbocycles. The van der Waals surface area contributed by atoms with Gasteiger partial charge < -0.3 is 34.7 Å². The minimum absolute atomic E-state index is 0.00503. The van der Waals surface area contributed by atoms with Crippen LogP contribution in [-0.4, -0.2) is 72.4 Å². The molecule has 5 fully saturated rings. The number of hydrogen-bond acceptors (Lipinski definition) is 8. The lowest BCUT2D eigenvalue weighted by Gasteiger charge is -2.64. The van der Waals surface area contributed by atoms with E-state index < -0.39 is 36.7 Å². The molecule has 2 amide bonds. The van der Waals surface area contributed by atoms with Gasteiger partial charge in [0.05, 0.1) is 30.0 Å². The Morgan fingerprint density at radius 3 is 2.55 bits per heavy atom. The first-order valence-corrected chi connectivity index (χ1v) is 16.3. The van der Waals surface area contributed by atoms with Gasteiger partial charge in [-0.2, -0.15) is 0 Å².